The summed E-state index contributed by atoms with van der Waals surface area (Å²) in [4.78, 5) is 28.5. The molecule has 0 saturated heterocycles. The summed E-state index contributed by atoms with van der Waals surface area (Å²) in [6.07, 6.45) is 5.87. The maximum absolute atomic E-state index is 12.2. The first kappa shape index (κ1) is 23.8. The number of benzene rings is 2. The minimum absolute atomic E-state index is 0.278. The second kappa shape index (κ2) is 11.2. The van der Waals surface area contributed by atoms with Gasteiger partial charge in [-0.05, 0) is 59.7 Å². The monoisotopic (exact) mass is 505 g/mol. The fraction of sp³-hybridized carbons (Fsp3) is 0. The molecule has 0 saturated carbocycles. The highest BCUT2D eigenvalue weighted by atomic mass is 35.5. The normalized spacial score (nSPS) is 11.1. The van der Waals surface area contributed by atoms with E-state index >= 15 is 0 Å². The van der Waals surface area contributed by atoms with Crippen LogP contribution in [0.15, 0.2) is 66.7 Å². The van der Waals surface area contributed by atoms with Crippen LogP contribution in [-0.2, 0) is 9.59 Å². The second-order valence-corrected chi connectivity index (χ2v) is 8.03. The van der Waals surface area contributed by atoms with Crippen molar-refractivity contribution in [3.8, 4) is 0 Å². The number of carbonyl (C=O) groups is 2. The molecule has 2 N–H and O–H groups in total. The van der Waals surface area contributed by atoms with Gasteiger partial charge < -0.3 is 10.6 Å². The Morgan fingerprint density at radius 2 is 1.09 bits per heavy atom. The van der Waals surface area contributed by atoms with Gasteiger partial charge in [-0.2, -0.15) is 0 Å². The number of anilines is 2. The number of rotatable bonds is 6. The molecule has 32 heavy (non-hydrogen) atoms. The van der Waals surface area contributed by atoms with Crippen LogP contribution in [0.4, 0.5) is 11.6 Å². The van der Waals surface area contributed by atoms with Crippen molar-refractivity contribution < 1.29 is 9.59 Å². The molecule has 162 valence electrons. The van der Waals surface area contributed by atoms with E-state index in [1.807, 2.05) is 0 Å². The zero-order valence-electron chi connectivity index (χ0n) is 16.3. The van der Waals surface area contributed by atoms with E-state index in [0.29, 0.717) is 20.1 Å². The van der Waals surface area contributed by atoms with E-state index in [9.17, 15) is 9.59 Å². The first-order valence-corrected chi connectivity index (χ1v) is 10.7. The summed E-state index contributed by atoms with van der Waals surface area (Å²) >= 11 is 23.7. The van der Waals surface area contributed by atoms with Gasteiger partial charge in [-0.3, -0.25) is 9.59 Å². The fourth-order valence-electron chi connectivity index (χ4n) is 2.49. The Kier molecular flexibility index (Phi) is 8.31. The molecule has 3 aromatic rings. The minimum Gasteiger partial charge on any atom is -0.307 e. The SMILES string of the molecule is O=C(C=Cc1ccc(Cl)c(Cl)c1)Nc1cccc(NC(=O)C=Cc2ccc(Cl)c(Cl)c2)n1. The third kappa shape index (κ3) is 7.11. The summed E-state index contributed by atoms with van der Waals surface area (Å²) in [6, 6.07) is 14.9. The summed E-state index contributed by atoms with van der Waals surface area (Å²) in [7, 11) is 0. The summed E-state index contributed by atoms with van der Waals surface area (Å²) in [6.45, 7) is 0. The molecule has 0 spiro atoms. The van der Waals surface area contributed by atoms with E-state index in [0.717, 1.165) is 11.1 Å². The molecule has 5 nitrogen and oxygen atoms in total. The summed E-state index contributed by atoms with van der Waals surface area (Å²) in [5.41, 5.74) is 1.44. The van der Waals surface area contributed by atoms with Crippen molar-refractivity contribution >= 4 is 82.0 Å². The topological polar surface area (TPSA) is 71.1 Å². The second-order valence-electron chi connectivity index (χ2n) is 6.40. The smallest absolute Gasteiger partial charge is 0.249 e. The van der Waals surface area contributed by atoms with Gasteiger partial charge in [0.2, 0.25) is 11.8 Å². The Morgan fingerprint density at radius 1 is 0.656 bits per heavy atom. The van der Waals surface area contributed by atoms with Gasteiger partial charge >= 0.3 is 0 Å². The van der Waals surface area contributed by atoms with Gasteiger partial charge in [-0.1, -0.05) is 64.6 Å². The van der Waals surface area contributed by atoms with Crippen LogP contribution in [0.1, 0.15) is 11.1 Å². The van der Waals surface area contributed by atoms with Crippen LogP contribution in [0.2, 0.25) is 20.1 Å². The van der Waals surface area contributed by atoms with Crippen molar-refractivity contribution in [1.29, 1.82) is 0 Å². The first-order chi connectivity index (χ1) is 15.3. The highest BCUT2D eigenvalue weighted by Gasteiger charge is 2.04. The predicted octanol–water partition coefficient (Wildman–Crippen LogP) is 7.00. The molecule has 1 heterocycles. The van der Waals surface area contributed by atoms with Gasteiger partial charge in [0.05, 0.1) is 20.1 Å². The highest BCUT2D eigenvalue weighted by molar-refractivity contribution is 6.42. The highest BCUT2D eigenvalue weighted by Crippen LogP contribution is 2.24. The van der Waals surface area contributed by atoms with Gasteiger partial charge in [0, 0.05) is 12.2 Å². The number of aromatic nitrogens is 1. The van der Waals surface area contributed by atoms with Crippen LogP contribution in [0.3, 0.4) is 0 Å². The Bertz CT molecular complexity index is 1130. The van der Waals surface area contributed by atoms with Crippen LogP contribution >= 0.6 is 46.4 Å². The summed E-state index contributed by atoms with van der Waals surface area (Å²) < 4.78 is 0. The van der Waals surface area contributed by atoms with Crippen LogP contribution in [-0.4, -0.2) is 16.8 Å². The van der Waals surface area contributed by atoms with Crippen molar-refractivity contribution in [3.63, 3.8) is 0 Å². The van der Waals surface area contributed by atoms with E-state index < -0.39 is 11.8 Å². The van der Waals surface area contributed by atoms with Gasteiger partial charge in [0.1, 0.15) is 11.6 Å². The molecular formula is C23H15Cl4N3O2. The number of hydrogen-bond acceptors (Lipinski definition) is 3. The van der Waals surface area contributed by atoms with Gasteiger partial charge in [-0.15, -0.1) is 0 Å². The lowest BCUT2D eigenvalue weighted by atomic mass is 10.2. The number of hydrogen-bond donors (Lipinski definition) is 2. The number of nitrogens with zero attached hydrogens (tertiary/aromatic N) is 1. The quantitative estimate of drug-likeness (QED) is 0.353. The standard InChI is InChI=1S/C23H15Cl4N3O2/c24-16-8-4-14(12-18(16)26)6-10-22(31)29-20-2-1-3-21(28-20)30-23(32)11-7-15-5-9-17(25)19(27)13-15/h1-13H,(H2,28,29,30,31,32). The minimum atomic E-state index is -0.397. The molecule has 0 radical (unpaired) electrons. The molecule has 0 unspecified atom stereocenters. The van der Waals surface area contributed by atoms with Gasteiger partial charge in [0.25, 0.3) is 0 Å². The Balaban J connectivity index is 1.59. The lowest BCUT2D eigenvalue weighted by Crippen LogP contribution is -2.12. The summed E-state index contributed by atoms with van der Waals surface area (Å²) in [5.74, 6) is -0.238. The maximum Gasteiger partial charge on any atom is 0.249 e. The van der Waals surface area contributed by atoms with Crippen LogP contribution in [0.25, 0.3) is 12.2 Å². The van der Waals surface area contributed by atoms with Crippen LogP contribution < -0.4 is 10.6 Å². The Labute approximate surface area is 204 Å². The molecule has 0 aliphatic carbocycles. The van der Waals surface area contributed by atoms with Crippen LogP contribution in [0.5, 0.6) is 0 Å². The lowest BCUT2D eigenvalue weighted by molar-refractivity contribution is -0.112. The average Bonchev–Trinajstić information content (AvgIpc) is 2.75. The molecule has 2 aromatic carbocycles. The summed E-state index contributed by atoms with van der Waals surface area (Å²) in [5, 5.41) is 6.92. The molecule has 0 aliphatic heterocycles. The Hall–Kier alpha value is -2.83. The van der Waals surface area contributed by atoms with Crippen LogP contribution in [0, 0.1) is 0 Å². The number of halogens is 4. The van der Waals surface area contributed by atoms with E-state index in [1.54, 1.807) is 66.7 Å². The number of pyridine rings is 1. The maximum atomic E-state index is 12.2. The van der Waals surface area contributed by atoms with Crippen molar-refractivity contribution in [3.05, 3.63) is 98.0 Å². The number of nitrogens with one attached hydrogen (secondary N) is 2. The largest absolute Gasteiger partial charge is 0.307 e. The van der Waals surface area contributed by atoms with Crippen molar-refractivity contribution in [2.45, 2.75) is 0 Å². The number of amides is 2. The van der Waals surface area contributed by atoms with Crippen molar-refractivity contribution in [2.75, 3.05) is 10.6 Å². The molecular weight excluding hydrogens is 492 g/mol. The molecule has 0 aliphatic rings. The molecule has 2 amide bonds. The fourth-order valence-corrected chi connectivity index (χ4v) is 3.10. The van der Waals surface area contributed by atoms with E-state index in [2.05, 4.69) is 15.6 Å². The first-order valence-electron chi connectivity index (χ1n) is 9.15. The molecule has 9 heteroatoms. The van der Waals surface area contributed by atoms with Crippen molar-refractivity contribution in [2.24, 2.45) is 0 Å². The molecule has 0 bridgehead atoms. The third-order valence-electron chi connectivity index (χ3n) is 3.99. The molecule has 0 fully saturated rings. The molecule has 1 aromatic heterocycles. The Morgan fingerprint density at radius 3 is 1.50 bits per heavy atom. The van der Waals surface area contributed by atoms with E-state index in [1.165, 1.54) is 12.2 Å². The van der Waals surface area contributed by atoms with Gasteiger partial charge in [-0.25, -0.2) is 4.98 Å². The van der Waals surface area contributed by atoms with Crippen molar-refractivity contribution in [1.82, 2.24) is 4.98 Å². The predicted molar refractivity (Wildman–Crippen MR) is 132 cm³/mol. The van der Waals surface area contributed by atoms with Gasteiger partial charge in [0.15, 0.2) is 0 Å². The van der Waals surface area contributed by atoms with E-state index in [-0.39, 0.29) is 11.6 Å². The average molecular weight is 507 g/mol. The zero-order chi connectivity index (χ0) is 23.1. The van der Waals surface area contributed by atoms with E-state index in [4.69, 9.17) is 46.4 Å². The lowest BCUT2D eigenvalue weighted by Gasteiger charge is -2.05. The molecule has 3 rings (SSSR count). The molecule has 0 atom stereocenters. The number of carbonyl (C=O) groups excluding carboxylic acids is 2. The third-order valence-corrected chi connectivity index (χ3v) is 5.47. The zero-order valence-corrected chi connectivity index (χ0v) is 19.3.